The fourth-order valence-corrected chi connectivity index (χ4v) is 1.15. The first-order valence-corrected chi connectivity index (χ1v) is 5.51. The number of aromatic nitrogens is 2. The molecule has 1 atom stereocenters. The van der Waals surface area contributed by atoms with Gasteiger partial charge in [-0.1, -0.05) is 32.4 Å². The van der Waals surface area contributed by atoms with Gasteiger partial charge in [0.15, 0.2) is 0 Å². The number of nitrogens with one attached hydrogen (secondary N) is 1. The Hall–Kier alpha value is -0.540. The minimum atomic E-state index is 0.126. The molecule has 1 aromatic rings. The number of hydrogen-bond acceptors (Lipinski definition) is 3. The smallest absolute Gasteiger partial charge is 0.224 e. The summed E-state index contributed by atoms with van der Waals surface area (Å²) < 4.78 is 0. The molecule has 1 heterocycles. The van der Waals surface area contributed by atoms with Gasteiger partial charge >= 0.3 is 0 Å². The summed E-state index contributed by atoms with van der Waals surface area (Å²) in [5.41, 5.74) is 0.126. The van der Waals surface area contributed by atoms with Gasteiger partial charge in [0.05, 0.1) is 6.20 Å². The van der Waals surface area contributed by atoms with Crippen molar-refractivity contribution in [2.45, 2.75) is 33.7 Å². The van der Waals surface area contributed by atoms with Crippen molar-refractivity contribution >= 4 is 29.0 Å². The quantitative estimate of drug-likeness (QED) is 0.812. The van der Waals surface area contributed by atoms with E-state index in [-0.39, 0.29) is 16.7 Å². The van der Waals surface area contributed by atoms with Gasteiger partial charge < -0.3 is 5.32 Å². The summed E-state index contributed by atoms with van der Waals surface area (Å²) in [6, 6.07) is 0.237. The molecule has 5 heteroatoms. The van der Waals surface area contributed by atoms with Crippen LogP contribution >= 0.6 is 23.2 Å². The molecular formula is C10H15Cl2N3. The van der Waals surface area contributed by atoms with E-state index in [1.807, 2.05) is 0 Å². The largest absolute Gasteiger partial charge is 0.366 e. The second-order valence-corrected chi connectivity index (χ2v) is 5.31. The highest BCUT2D eigenvalue weighted by Gasteiger charge is 2.21. The van der Waals surface area contributed by atoms with Crippen molar-refractivity contribution in [3.8, 4) is 0 Å². The van der Waals surface area contributed by atoms with Gasteiger partial charge in [0.2, 0.25) is 5.28 Å². The van der Waals surface area contributed by atoms with E-state index in [1.165, 1.54) is 6.20 Å². The molecule has 1 unspecified atom stereocenters. The molecular weight excluding hydrogens is 233 g/mol. The molecule has 0 radical (unpaired) electrons. The zero-order valence-electron chi connectivity index (χ0n) is 9.31. The Bertz CT molecular complexity index is 347. The Morgan fingerprint density at radius 1 is 1.33 bits per heavy atom. The Kier molecular flexibility index (Phi) is 3.79. The summed E-state index contributed by atoms with van der Waals surface area (Å²) in [7, 11) is 0. The molecule has 15 heavy (non-hydrogen) atoms. The number of nitrogens with zero attached hydrogens (tertiary/aromatic N) is 2. The summed E-state index contributed by atoms with van der Waals surface area (Å²) in [4.78, 5) is 7.83. The molecule has 0 spiro atoms. The first-order valence-electron chi connectivity index (χ1n) is 4.75. The van der Waals surface area contributed by atoms with E-state index >= 15 is 0 Å². The highest BCUT2D eigenvalue weighted by Crippen LogP contribution is 2.26. The van der Waals surface area contributed by atoms with Gasteiger partial charge in [-0.15, -0.1) is 0 Å². The fraction of sp³-hybridized carbons (Fsp3) is 0.600. The second-order valence-electron chi connectivity index (χ2n) is 4.57. The molecule has 0 bridgehead atoms. The molecule has 1 N–H and O–H groups in total. The Balaban J connectivity index is 2.85. The third-order valence-electron chi connectivity index (χ3n) is 2.37. The SMILES string of the molecule is CC(Nc1nc(Cl)ncc1Cl)C(C)(C)C. The topological polar surface area (TPSA) is 37.8 Å². The predicted molar refractivity (Wildman–Crippen MR) is 64.6 cm³/mol. The highest BCUT2D eigenvalue weighted by atomic mass is 35.5. The summed E-state index contributed by atoms with van der Waals surface area (Å²) in [6.45, 7) is 8.50. The molecule has 0 saturated carbocycles. The molecule has 0 amide bonds. The lowest BCUT2D eigenvalue weighted by Gasteiger charge is -2.28. The van der Waals surface area contributed by atoms with Gasteiger partial charge in [-0.3, -0.25) is 0 Å². The monoisotopic (exact) mass is 247 g/mol. The number of halogens is 2. The second kappa shape index (κ2) is 4.54. The third kappa shape index (κ3) is 3.50. The minimum absolute atomic E-state index is 0.126. The molecule has 0 fully saturated rings. The van der Waals surface area contributed by atoms with E-state index in [0.29, 0.717) is 10.8 Å². The van der Waals surface area contributed by atoms with Gasteiger partial charge in [-0.2, -0.15) is 4.98 Å². The number of anilines is 1. The van der Waals surface area contributed by atoms with E-state index < -0.39 is 0 Å². The van der Waals surface area contributed by atoms with Crippen LogP contribution in [0, 0.1) is 5.41 Å². The van der Waals surface area contributed by atoms with Gasteiger partial charge in [-0.25, -0.2) is 4.98 Å². The lowest BCUT2D eigenvalue weighted by Crippen LogP contribution is -2.31. The van der Waals surface area contributed by atoms with Crippen molar-refractivity contribution in [3.05, 3.63) is 16.5 Å². The molecule has 84 valence electrons. The fourth-order valence-electron chi connectivity index (χ4n) is 0.868. The standard InChI is InChI=1S/C10H15Cl2N3/c1-6(10(2,3)4)14-8-7(11)5-13-9(12)15-8/h5-6H,1-4H3,(H,13,14,15). The van der Waals surface area contributed by atoms with Crippen molar-refractivity contribution in [1.29, 1.82) is 0 Å². The zero-order valence-corrected chi connectivity index (χ0v) is 10.8. The maximum atomic E-state index is 5.94. The van der Waals surface area contributed by atoms with E-state index in [1.54, 1.807) is 0 Å². The van der Waals surface area contributed by atoms with Crippen LogP contribution in [-0.4, -0.2) is 16.0 Å². The van der Waals surface area contributed by atoms with E-state index in [2.05, 4.69) is 43.0 Å². The summed E-state index contributed by atoms with van der Waals surface area (Å²) in [5, 5.41) is 3.90. The van der Waals surface area contributed by atoms with Crippen molar-refractivity contribution in [1.82, 2.24) is 9.97 Å². The van der Waals surface area contributed by atoms with Crippen LogP contribution < -0.4 is 5.32 Å². The van der Waals surface area contributed by atoms with Crippen molar-refractivity contribution < 1.29 is 0 Å². The first kappa shape index (κ1) is 12.5. The van der Waals surface area contributed by atoms with Crippen LogP contribution in [0.4, 0.5) is 5.82 Å². The zero-order chi connectivity index (χ0) is 11.6. The molecule has 0 aliphatic carbocycles. The van der Waals surface area contributed by atoms with Crippen LogP contribution in [0.3, 0.4) is 0 Å². The number of rotatable bonds is 2. The Labute approximate surface area is 100 Å². The molecule has 3 nitrogen and oxygen atoms in total. The Morgan fingerprint density at radius 3 is 2.47 bits per heavy atom. The van der Waals surface area contributed by atoms with Crippen molar-refractivity contribution in [2.75, 3.05) is 5.32 Å². The molecule has 0 aromatic carbocycles. The average Bonchev–Trinajstić information content (AvgIpc) is 2.09. The van der Waals surface area contributed by atoms with Crippen molar-refractivity contribution in [2.24, 2.45) is 5.41 Å². The van der Waals surface area contributed by atoms with Crippen molar-refractivity contribution in [3.63, 3.8) is 0 Å². The van der Waals surface area contributed by atoms with Gasteiger partial charge in [0.25, 0.3) is 0 Å². The summed E-state index contributed by atoms with van der Waals surface area (Å²) in [6.07, 6.45) is 1.49. The van der Waals surface area contributed by atoms with Gasteiger partial charge in [-0.05, 0) is 23.9 Å². The van der Waals surface area contributed by atoms with Crippen LogP contribution in [0.5, 0.6) is 0 Å². The molecule has 0 aliphatic heterocycles. The molecule has 0 saturated heterocycles. The summed E-state index contributed by atoms with van der Waals surface area (Å²) in [5.74, 6) is 0.582. The maximum Gasteiger partial charge on any atom is 0.224 e. The van der Waals surface area contributed by atoms with Crippen LogP contribution in [0.2, 0.25) is 10.3 Å². The average molecular weight is 248 g/mol. The first-order chi connectivity index (χ1) is 6.80. The maximum absolute atomic E-state index is 5.94. The third-order valence-corrected chi connectivity index (χ3v) is 2.83. The van der Waals surface area contributed by atoms with Crippen LogP contribution in [-0.2, 0) is 0 Å². The van der Waals surface area contributed by atoms with E-state index in [4.69, 9.17) is 23.2 Å². The summed E-state index contributed by atoms with van der Waals surface area (Å²) >= 11 is 11.6. The van der Waals surface area contributed by atoms with Gasteiger partial charge in [0.1, 0.15) is 10.8 Å². The molecule has 1 aromatic heterocycles. The van der Waals surface area contributed by atoms with Crippen LogP contribution in [0.15, 0.2) is 6.20 Å². The molecule has 0 aliphatic rings. The lowest BCUT2D eigenvalue weighted by atomic mass is 9.88. The Morgan fingerprint density at radius 2 is 1.93 bits per heavy atom. The van der Waals surface area contributed by atoms with Crippen LogP contribution in [0.1, 0.15) is 27.7 Å². The van der Waals surface area contributed by atoms with Gasteiger partial charge in [0, 0.05) is 6.04 Å². The minimum Gasteiger partial charge on any atom is -0.366 e. The molecule has 1 rings (SSSR count). The number of hydrogen-bond donors (Lipinski definition) is 1. The van der Waals surface area contributed by atoms with E-state index in [0.717, 1.165) is 0 Å². The van der Waals surface area contributed by atoms with E-state index in [9.17, 15) is 0 Å². The lowest BCUT2D eigenvalue weighted by molar-refractivity contribution is 0.359. The predicted octanol–water partition coefficient (Wildman–Crippen LogP) is 3.63. The normalized spacial score (nSPS) is 13.7. The highest BCUT2D eigenvalue weighted by molar-refractivity contribution is 6.33. The van der Waals surface area contributed by atoms with Crippen LogP contribution in [0.25, 0.3) is 0 Å².